The monoisotopic (exact) mass is 277 g/mol. The molecule has 1 aliphatic heterocycles. The molecule has 3 aromatic rings. The van der Waals surface area contributed by atoms with E-state index in [1.165, 1.54) is 11.1 Å². The summed E-state index contributed by atoms with van der Waals surface area (Å²) in [7, 11) is 0. The summed E-state index contributed by atoms with van der Waals surface area (Å²) >= 11 is 0. The summed E-state index contributed by atoms with van der Waals surface area (Å²) in [6.45, 7) is 1.78. The minimum absolute atomic E-state index is 0.142. The Morgan fingerprint density at radius 1 is 1.00 bits per heavy atom. The van der Waals surface area contributed by atoms with Gasteiger partial charge < -0.3 is 10.6 Å². The van der Waals surface area contributed by atoms with Crippen LogP contribution in [-0.4, -0.2) is 10.6 Å². The van der Waals surface area contributed by atoms with Crippen LogP contribution in [0.25, 0.3) is 10.8 Å². The van der Waals surface area contributed by atoms with E-state index in [2.05, 4.69) is 16.7 Å². The molecule has 21 heavy (non-hydrogen) atoms. The average molecular weight is 277 g/mol. The minimum atomic E-state index is -0.142. The van der Waals surface area contributed by atoms with E-state index in [1.807, 2.05) is 48.8 Å². The van der Waals surface area contributed by atoms with E-state index in [1.54, 1.807) is 4.57 Å². The van der Waals surface area contributed by atoms with Crippen molar-refractivity contribution in [1.29, 1.82) is 0 Å². The quantitative estimate of drug-likeness (QED) is 0.716. The molecule has 104 valence electrons. The standard InChI is InChI=1S/C17H15N3O/c21-17(20-10-13-3-1-2-4-14(13)11-20)19-16-6-5-12-8-18-9-15(12)7-16/h1-7,10-11,18H,8-9H2,(H,19,21). The maximum atomic E-state index is 12.3. The van der Waals surface area contributed by atoms with Crippen LogP contribution in [0.15, 0.2) is 54.9 Å². The van der Waals surface area contributed by atoms with Crippen LogP contribution in [-0.2, 0) is 13.1 Å². The van der Waals surface area contributed by atoms with E-state index >= 15 is 0 Å². The van der Waals surface area contributed by atoms with Gasteiger partial charge in [-0.3, -0.25) is 4.57 Å². The number of fused-ring (bicyclic) bond motifs is 2. The molecule has 1 aromatic heterocycles. The minimum Gasteiger partial charge on any atom is -0.309 e. The summed E-state index contributed by atoms with van der Waals surface area (Å²) in [5, 5.41) is 8.37. The lowest BCUT2D eigenvalue weighted by Crippen LogP contribution is -2.17. The van der Waals surface area contributed by atoms with Crippen LogP contribution in [0.4, 0.5) is 10.5 Å². The molecule has 0 unspecified atom stereocenters. The van der Waals surface area contributed by atoms with Gasteiger partial charge in [0, 0.05) is 31.2 Å². The Bertz CT molecular complexity index is 802. The van der Waals surface area contributed by atoms with E-state index in [0.717, 1.165) is 29.5 Å². The van der Waals surface area contributed by atoms with E-state index in [0.29, 0.717) is 0 Å². The number of rotatable bonds is 1. The molecule has 2 N–H and O–H groups in total. The molecule has 4 nitrogen and oxygen atoms in total. The molecule has 1 amide bonds. The van der Waals surface area contributed by atoms with Crippen molar-refractivity contribution in [2.24, 2.45) is 0 Å². The summed E-state index contributed by atoms with van der Waals surface area (Å²) in [6, 6.07) is 13.9. The summed E-state index contributed by atoms with van der Waals surface area (Å²) in [4.78, 5) is 12.3. The first-order chi connectivity index (χ1) is 10.3. The van der Waals surface area contributed by atoms with Gasteiger partial charge in [-0.05, 0) is 34.0 Å². The number of hydrogen-bond donors (Lipinski definition) is 2. The maximum absolute atomic E-state index is 12.3. The zero-order valence-corrected chi connectivity index (χ0v) is 11.5. The lowest BCUT2D eigenvalue weighted by molar-refractivity contribution is 0.253. The molecule has 2 aromatic carbocycles. The van der Waals surface area contributed by atoms with Crippen molar-refractivity contribution >= 4 is 22.5 Å². The van der Waals surface area contributed by atoms with Gasteiger partial charge >= 0.3 is 6.03 Å². The summed E-state index contributed by atoms with van der Waals surface area (Å²) < 4.78 is 1.59. The molecular formula is C17H15N3O. The van der Waals surface area contributed by atoms with Gasteiger partial charge in [0.1, 0.15) is 0 Å². The van der Waals surface area contributed by atoms with Crippen molar-refractivity contribution in [2.75, 3.05) is 5.32 Å². The number of amides is 1. The van der Waals surface area contributed by atoms with Crippen LogP contribution in [0.2, 0.25) is 0 Å². The van der Waals surface area contributed by atoms with E-state index < -0.39 is 0 Å². The highest BCUT2D eigenvalue weighted by molar-refractivity contribution is 5.95. The summed E-state index contributed by atoms with van der Waals surface area (Å²) in [6.07, 6.45) is 3.69. The van der Waals surface area contributed by atoms with Crippen molar-refractivity contribution in [1.82, 2.24) is 9.88 Å². The van der Waals surface area contributed by atoms with Crippen LogP contribution < -0.4 is 10.6 Å². The number of carbonyl (C=O) groups is 1. The Morgan fingerprint density at radius 3 is 2.48 bits per heavy atom. The second kappa shape index (κ2) is 4.75. The first-order valence-corrected chi connectivity index (χ1v) is 7.00. The third-order valence-electron chi connectivity index (χ3n) is 3.88. The van der Waals surface area contributed by atoms with Crippen LogP contribution in [0, 0.1) is 0 Å². The topological polar surface area (TPSA) is 46.1 Å². The zero-order valence-electron chi connectivity index (χ0n) is 11.5. The van der Waals surface area contributed by atoms with Crippen LogP contribution in [0.5, 0.6) is 0 Å². The van der Waals surface area contributed by atoms with Crippen LogP contribution in [0.1, 0.15) is 11.1 Å². The van der Waals surface area contributed by atoms with Crippen molar-refractivity contribution in [3.8, 4) is 0 Å². The van der Waals surface area contributed by atoms with E-state index in [4.69, 9.17) is 0 Å². The van der Waals surface area contributed by atoms with Crippen molar-refractivity contribution in [3.63, 3.8) is 0 Å². The molecular weight excluding hydrogens is 262 g/mol. The fraction of sp³-hybridized carbons (Fsp3) is 0.118. The normalized spacial score (nSPS) is 13.3. The molecule has 2 heterocycles. The molecule has 0 aliphatic carbocycles. The highest BCUT2D eigenvalue weighted by Gasteiger charge is 2.12. The SMILES string of the molecule is O=C(Nc1ccc2c(c1)CNC2)n1cc2ccccc2c1. The largest absolute Gasteiger partial charge is 0.329 e. The van der Waals surface area contributed by atoms with Gasteiger partial charge in [0.25, 0.3) is 0 Å². The molecule has 0 spiro atoms. The van der Waals surface area contributed by atoms with Gasteiger partial charge in [0.2, 0.25) is 0 Å². The molecule has 0 fully saturated rings. The number of nitrogens with zero attached hydrogens (tertiary/aromatic N) is 1. The zero-order chi connectivity index (χ0) is 14.2. The predicted molar refractivity (Wildman–Crippen MR) is 83.3 cm³/mol. The lowest BCUT2D eigenvalue weighted by Gasteiger charge is -2.07. The second-order valence-electron chi connectivity index (χ2n) is 5.31. The van der Waals surface area contributed by atoms with E-state index in [-0.39, 0.29) is 6.03 Å². The van der Waals surface area contributed by atoms with E-state index in [9.17, 15) is 4.79 Å². The maximum Gasteiger partial charge on any atom is 0.329 e. The number of benzene rings is 2. The molecule has 0 saturated carbocycles. The van der Waals surface area contributed by atoms with Gasteiger partial charge in [-0.1, -0.05) is 30.3 Å². The molecule has 1 aliphatic rings. The second-order valence-corrected chi connectivity index (χ2v) is 5.31. The number of anilines is 1. The van der Waals surface area contributed by atoms with Gasteiger partial charge in [0.05, 0.1) is 0 Å². The fourth-order valence-corrected chi connectivity index (χ4v) is 2.76. The smallest absolute Gasteiger partial charge is 0.309 e. The Balaban J connectivity index is 1.60. The molecule has 0 bridgehead atoms. The van der Waals surface area contributed by atoms with Crippen molar-refractivity contribution in [2.45, 2.75) is 13.1 Å². The summed E-state index contributed by atoms with van der Waals surface area (Å²) in [5.74, 6) is 0. The van der Waals surface area contributed by atoms with Gasteiger partial charge in [-0.25, -0.2) is 4.79 Å². The van der Waals surface area contributed by atoms with Gasteiger partial charge in [-0.2, -0.15) is 0 Å². The lowest BCUT2D eigenvalue weighted by atomic mass is 10.1. The summed E-state index contributed by atoms with van der Waals surface area (Å²) in [5.41, 5.74) is 3.39. The number of nitrogens with one attached hydrogen (secondary N) is 2. The third kappa shape index (κ3) is 2.19. The Hall–Kier alpha value is -2.59. The molecule has 0 radical (unpaired) electrons. The van der Waals surface area contributed by atoms with Crippen molar-refractivity contribution in [3.05, 3.63) is 66.0 Å². The first-order valence-electron chi connectivity index (χ1n) is 7.00. The fourth-order valence-electron chi connectivity index (χ4n) is 2.76. The molecule has 0 saturated heterocycles. The predicted octanol–water partition coefficient (Wildman–Crippen LogP) is 3.32. The Kier molecular flexibility index (Phi) is 2.75. The van der Waals surface area contributed by atoms with Gasteiger partial charge in [-0.15, -0.1) is 0 Å². The Labute approximate surface area is 122 Å². The van der Waals surface area contributed by atoms with Crippen LogP contribution in [0.3, 0.4) is 0 Å². The Morgan fingerprint density at radius 2 is 1.71 bits per heavy atom. The van der Waals surface area contributed by atoms with Crippen molar-refractivity contribution < 1.29 is 4.79 Å². The van der Waals surface area contributed by atoms with Gasteiger partial charge in [0.15, 0.2) is 0 Å². The average Bonchev–Trinajstić information content (AvgIpc) is 3.13. The molecule has 4 rings (SSSR count). The number of aromatic nitrogens is 1. The number of carbonyl (C=O) groups excluding carboxylic acids is 1. The molecule has 4 heteroatoms. The molecule has 0 atom stereocenters. The number of hydrogen-bond acceptors (Lipinski definition) is 2. The highest BCUT2D eigenvalue weighted by Crippen LogP contribution is 2.21. The highest BCUT2D eigenvalue weighted by atomic mass is 16.2. The van der Waals surface area contributed by atoms with Crippen LogP contribution >= 0.6 is 0 Å². The first kappa shape index (κ1) is 12.2. The third-order valence-corrected chi connectivity index (χ3v) is 3.88.